The van der Waals surface area contributed by atoms with E-state index in [1.165, 1.54) is 26.4 Å². The number of allylic oxidation sites excluding steroid dienone is 2. The van der Waals surface area contributed by atoms with Crippen LogP contribution in [0.2, 0.25) is 0 Å². The molecular weight excluding hydrogens is 324 g/mol. The van der Waals surface area contributed by atoms with Gasteiger partial charge in [0.25, 0.3) is 0 Å². The summed E-state index contributed by atoms with van der Waals surface area (Å²) in [5, 5.41) is 0. The topological polar surface area (TPSA) is 43.4 Å². The van der Waals surface area contributed by atoms with Gasteiger partial charge in [-0.05, 0) is 73.0 Å². The molecule has 0 N–H and O–H groups in total. The van der Waals surface area contributed by atoms with Crippen LogP contribution in [0.4, 0.5) is 0 Å². The molecule has 4 aliphatic carbocycles. The third-order valence-corrected chi connectivity index (χ3v) is 9.09. The van der Waals surface area contributed by atoms with Crippen LogP contribution >= 0.6 is 0 Å². The van der Waals surface area contributed by atoms with Crippen molar-refractivity contribution >= 4 is 11.8 Å². The van der Waals surface area contributed by atoms with Gasteiger partial charge in [-0.3, -0.25) is 9.59 Å². The zero-order valence-corrected chi connectivity index (χ0v) is 16.8. The second kappa shape index (κ2) is 6.21. The Kier molecular flexibility index (Phi) is 4.36. The molecule has 4 rings (SSSR count). The maximum Gasteiger partial charge on any atom is 0.308 e. The zero-order chi connectivity index (χ0) is 18.7. The third kappa shape index (κ3) is 2.45. The van der Waals surface area contributed by atoms with E-state index >= 15 is 0 Å². The van der Waals surface area contributed by atoms with E-state index in [2.05, 4.69) is 26.8 Å². The molecule has 3 fully saturated rings. The summed E-state index contributed by atoms with van der Waals surface area (Å²) in [5.41, 5.74) is 2.13. The predicted molar refractivity (Wildman–Crippen MR) is 101 cm³/mol. The first-order chi connectivity index (χ1) is 12.3. The van der Waals surface area contributed by atoms with E-state index in [9.17, 15) is 9.59 Å². The van der Waals surface area contributed by atoms with E-state index in [0.29, 0.717) is 29.5 Å². The van der Waals surface area contributed by atoms with Crippen LogP contribution in [0.5, 0.6) is 0 Å². The van der Waals surface area contributed by atoms with Gasteiger partial charge in [0.15, 0.2) is 0 Å². The summed E-state index contributed by atoms with van der Waals surface area (Å²) in [6.07, 6.45) is 11.1. The van der Waals surface area contributed by atoms with Gasteiger partial charge < -0.3 is 4.74 Å². The minimum Gasteiger partial charge on any atom is -0.469 e. The van der Waals surface area contributed by atoms with E-state index in [1.54, 1.807) is 5.57 Å². The lowest BCUT2D eigenvalue weighted by Crippen LogP contribution is -2.48. The van der Waals surface area contributed by atoms with Crippen molar-refractivity contribution in [3.63, 3.8) is 0 Å². The van der Waals surface area contributed by atoms with Crippen molar-refractivity contribution in [3.05, 3.63) is 11.6 Å². The lowest BCUT2D eigenvalue weighted by molar-refractivity contribution is -0.148. The fourth-order valence-corrected chi connectivity index (χ4v) is 7.53. The molecule has 0 aromatic rings. The minimum absolute atomic E-state index is 0.0100. The Morgan fingerprint density at radius 1 is 1.23 bits per heavy atom. The van der Waals surface area contributed by atoms with E-state index < -0.39 is 0 Å². The second-order valence-electron chi connectivity index (χ2n) is 10.0. The highest BCUT2D eigenvalue weighted by atomic mass is 16.5. The Balaban J connectivity index is 1.64. The summed E-state index contributed by atoms with van der Waals surface area (Å²) >= 11 is 0. The van der Waals surface area contributed by atoms with Crippen molar-refractivity contribution in [1.82, 2.24) is 0 Å². The summed E-state index contributed by atoms with van der Waals surface area (Å²) in [6.45, 7) is 6.93. The minimum atomic E-state index is -0.0480. The Morgan fingerprint density at radius 2 is 2.00 bits per heavy atom. The van der Waals surface area contributed by atoms with Crippen LogP contribution in [0, 0.1) is 40.4 Å². The molecule has 3 nitrogen and oxygen atoms in total. The van der Waals surface area contributed by atoms with E-state index in [4.69, 9.17) is 4.74 Å². The number of ketones is 1. The van der Waals surface area contributed by atoms with Crippen molar-refractivity contribution in [2.45, 2.75) is 72.1 Å². The van der Waals surface area contributed by atoms with Gasteiger partial charge in [0.1, 0.15) is 5.78 Å². The number of carbonyl (C=O) groups is 2. The molecule has 3 saturated carbocycles. The fraction of sp³-hybridized carbons (Fsp3) is 0.826. The monoisotopic (exact) mass is 358 g/mol. The number of hydrogen-bond donors (Lipinski definition) is 0. The molecule has 2 unspecified atom stereocenters. The quantitative estimate of drug-likeness (QED) is 0.518. The summed E-state index contributed by atoms with van der Waals surface area (Å²) in [4.78, 5) is 24.2. The zero-order valence-electron chi connectivity index (χ0n) is 16.8. The van der Waals surface area contributed by atoms with Gasteiger partial charge in [0.05, 0.1) is 13.0 Å². The molecule has 0 saturated heterocycles. The Morgan fingerprint density at radius 3 is 2.73 bits per heavy atom. The van der Waals surface area contributed by atoms with Crippen LogP contribution < -0.4 is 0 Å². The van der Waals surface area contributed by atoms with Gasteiger partial charge in [-0.2, -0.15) is 0 Å². The number of fused-ring (bicyclic) bond motifs is 5. The molecule has 0 spiro atoms. The standard InChI is InChI=1S/C23H34O3/c1-14(21(25)26-4)18-7-8-19-17-6-5-15-13-16(24)9-11-22(15,2)20(17)10-12-23(18,19)3/h10,14-15,17-19H,5-9,11-13H2,1-4H3/t14?,15?,17-,18+,19-,22-,23+/m0/s1. The Hall–Kier alpha value is -1.12. The number of ether oxygens (including phenoxy) is 1. The first-order valence-corrected chi connectivity index (χ1v) is 10.6. The number of esters is 1. The fourth-order valence-electron chi connectivity index (χ4n) is 7.53. The number of methoxy groups -OCH3 is 1. The Bertz CT molecular complexity index is 650. The van der Waals surface area contributed by atoms with Crippen LogP contribution in [0.3, 0.4) is 0 Å². The highest BCUT2D eigenvalue weighted by molar-refractivity contribution is 5.80. The SMILES string of the molecule is COC(=O)C(C)[C@H]1CC[C@H]2[C@@H]3CCC4CC(=O)CC[C@]4(C)C3=CC[C@]12C. The van der Waals surface area contributed by atoms with E-state index in [0.717, 1.165) is 32.1 Å². The molecule has 0 amide bonds. The van der Waals surface area contributed by atoms with Crippen molar-refractivity contribution < 1.29 is 14.3 Å². The van der Waals surface area contributed by atoms with Gasteiger partial charge in [-0.25, -0.2) is 0 Å². The molecule has 0 aromatic heterocycles. The van der Waals surface area contributed by atoms with Crippen molar-refractivity contribution in [3.8, 4) is 0 Å². The first kappa shape index (κ1) is 18.3. The summed E-state index contributed by atoms with van der Waals surface area (Å²) < 4.78 is 5.07. The average Bonchev–Trinajstić information content (AvgIpc) is 2.98. The van der Waals surface area contributed by atoms with Gasteiger partial charge in [0.2, 0.25) is 0 Å². The normalized spacial score (nSPS) is 45.8. The van der Waals surface area contributed by atoms with Gasteiger partial charge >= 0.3 is 5.97 Å². The maximum absolute atomic E-state index is 12.2. The molecule has 26 heavy (non-hydrogen) atoms. The molecule has 144 valence electrons. The predicted octanol–water partition coefficient (Wildman–Crippen LogP) is 4.94. The van der Waals surface area contributed by atoms with Crippen molar-refractivity contribution in [2.75, 3.05) is 7.11 Å². The van der Waals surface area contributed by atoms with Crippen molar-refractivity contribution in [1.29, 1.82) is 0 Å². The molecule has 0 aliphatic heterocycles. The van der Waals surface area contributed by atoms with E-state index in [1.807, 2.05) is 0 Å². The summed E-state index contributed by atoms with van der Waals surface area (Å²) in [7, 11) is 1.51. The average molecular weight is 359 g/mol. The number of Topliss-reactive ketones (excluding diaryl/α,β-unsaturated/α-hetero) is 1. The van der Waals surface area contributed by atoms with Crippen LogP contribution in [0.1, 0.15) is 72.1 Å². The van der Waals surface area contributed by atoms with Gasteiger partial charge in [0, 0.05) is 12.8 Å². The van der Waals surface area contributed by atoms with Crippen molar-refractivity contribution in [2.24, 2.45) is 40.4 Å². The van der Waals surface area contributed by atoms with Crippen LogP contribution in [0.25, 0.3) is 0 Å². The molecule has 0 aromatic carbocycles. The number of carbonyl (C=O) groups excluding carboxylic acids is 2. The Labute approximate surface area is 157 Å². The molecule has 0 radical (unpaired) electrons. The molecule has 0 bridgehead atoms. The molecule has 0 heterocycles. The number of hydrogen-bond acceptors (Lipinski definition) is 3. The highest BCUT2D eigenvalue weighted by Crippen LogP contribution is 2.66. The second-order valence-corrected chi connectivity index (χ2v) is 10.0. The molecule has 4 aliphatic rings. The molecule has 3 heteroatoms. The maximum atomic E-state index is 12.2. The molecular formula is C23H34O3. The van der Waals surface area contributed by atoms with Crippen LogP contribution in [-0.4, -0.2) is 18.9 Å². The largest absolute Gasteiger partial charge is 0.469 e. The van der Waals surface area contributed by atoms with Crippen LogP contribution in [0.15, 0.2) is 11.6 Å². The summed E-state index contributed by atoms with van der Waals surface area (Å²) in [6, 6.07) is 0. The first-order valence-electron chi connectivity index (χ1n) is 10.6. The molecule has 7 atom stereocenters. The van der Waals surface area contributed by atoms with Crippen LogP contribution in [-0.2, 0) is 14.3 Å². The summed E-state index contributed by atoms with van der Waals surface area (Å²) in [5.74, 6) is 2.75. The van der Waals surface area contributed by atoms with Gasteiger partial charge in [-0.1, -0.05) is 32.4 Å². The van der Waals surface area contributed by atoms with E-state index in [-0.39, 0.29) is 22.7 Å². The lowest BCUT2D eigenvalue weighted by Gasteiger charge is -2.56. The third-order valence-electron chi connectivity index (χ3n) is 9.09. The number of rotatable bonds is 2. The smallest absolute Gasteiger partial charge is 0.308 e. The lowest BCUT2D eigenvalue weighted by atomic mass is 9.48. The highest BCUT2D eigenvalue weighted by Gasteiger charge is 2.58. The van der Waals surface area contributed by atoms with Gasteiger partial charge in [-0.15, -0.1) is 0 Å².